The standard InChI is InChI=1S/C19H17NO3/c1-19-9-8-14(23-19)15-16(19)18(22)20(17(15)21)13-7-6-11-4-2-3-5-12(11)10-13/h2-7,10,14-16H,8-9H2,1H3/t14-,15-,16+,19+/m1/s1. The molecule has 0 unspecified atom stereocenters. The normalized spacial score (nSPS) is 35.3. The molecule has 3 aliphatic heterocycles. The third kappa shape index (κ3) is 1.59. The number of nitrogens with zero attached hydrogens (tertiary/aromatic N) is 1. The summed E-state index contributed by atoms with van der Waals surface area (Å²) in [6.07, 6.45) is 1.65. The number of hydrogen-bond acceptors (Lipinski definition) is 3. The summed E-state index contributed by atoms with van der Waals surface area (Å²) in [6.45, 7) is 1.98. The first-order valence-electron chi connectivity index (χ1n) is 8.13. The highest BCUT2D eigenvalue weighted by Crippen LogP contribution is 2.55. The fourth-order valence-electron chi connectivity index (χ4n) is 4.65. The maximum Gasteiger partial charge on any atom is 0.240 e. The van der Waals surface area contributed by atoms with Gasteiger partial charge in [0.25, 0.3) is 0 Å². The summed E-state index contributed by atoms with van der Waals surface area (Å²) < 4.78 is 5.95. The van der Waals surface area contributed by atoms with Crippen molar-refractivity contribution in [1.82, 2.24) is 0 Å². The molecule has 3 fully saturated rings. The Balaban J connectivity index is 1.60. The molecule has 116 valence electrons. The van der Waals surface area contributed by atoms with E-state index in [-0.39, 0.29) is 29.8 Å². The molecule has 0 aliphatic carbocycles. The lowest BCUT2D eigenvalue weighted by Gasteiger charge is -2.26. The predicted molar refractivity (Wildman–Crippen MR) is 85.9 cm³/mol. The molecule has 3 aliphatic rings. The SMILES string of the molecule is C[C@@]12CC[C@@H](O1)[C@H]1C(=O)N(c3ccc4ccccc4c3)C(=O)[C@H]12. The average Bonchev–Trinajstić information content (AvgIpc) is 3.16. The zero-order valence-electron chi connectivity index (χ0n) is 12.9. The molecule has 23 heavy (non-hydrogen) atoms. The Kier molecular flexibility index (Phi) is 2.42. The van der Waals surface area contributed by atoms with E-state index in [2.05, 4.69) is 0 Å². The van der Waals surface area contributed by atoms with Crippen LogP contribution in [0.2, 0.25) is 0 Å². The highest BCUT2D eigenvalue weighted by Gasteiger charge is 2.67. The van der Waals surface area contributed by atoms with Crippen LogP contribution in [-0.4, -0.2) is 23.5 Å². The van der Waals surface area contributed by atoms with Crippen LogP contribution in [0.25, 0.3) is 10.8 Å². The van der Waals surface area contributed by atoms with Crippen molar-refractivity contribution in [3.05, 3.63) is 42.5 Å². The van der Waals surface area contributed by atoms with Gasteiger partial charge in [0.2, 0.25) is 11.8 Å². The van der Waals surface area contributed by atoms with Gasteiger partial charge in [-0.05, 0) is 42.7 Å². The fraction of sp³-hybridized carbons (Fsp3) is 0.368. The summed E-state index contributed by atoms with van der Waals surface area (Å²) in [5.74, 6) is -0.809. The lowest BCUT2D eigenvalue weighted by atomic mass is 9.74. The van der Waals surface area contributed by atoms with Crippen LogP contribution < -0.4 is 4.90 Å². The Hall–Kier alpha value is -2.20. The molecule has 2 amide bonds. The zero-order valence-corrected chi connectivity index (χ0v) is 12.9. The largest absolute Gasteiger partial charge is 0.370 e. The molecule has 4 atom stereocenters. The topological polar surface area (TPSA) is 46.6 Å². The van der Waals surface area contributed by atoms with Gasteiger partial charge in [-0.15, -0.1) is 0 Å². The number of benzene rings is 2. The van der Waals surface area contributed by atoms with E-state index in [9.17, 15) is 9.59 Å². The summed E-state index contributed by atoms with van der Waals surface area (Å²) in [4.78, 5) is 27.2. The van der Waals surface area contributed by atoms with E-state index in [0.717, 1.165) is 23.6 Å². The molecule has 3 heterocycles. The average molecular weight is 307 g/mol. The minimum absolute atomic E-state index is 0.0908. The van der Waals surface area contributed by atoms with Crippen LogP contribution in [0.3, 0.4) is 0 Å². The predicted octanol–water partition coefficient (Wildman–Crippen LogP) is 2.90. The number of carbonyl (C=O) groups excluding carboxylic acids is 2. The molecule has 4 heteroatoms. The molecule has 4 nitrogen and oxygen atoms in total. The lowest BCUT2D eigenvalue weighted by Crippen LogP contribution is -2.39. The number of anilines is 1. The van der Waals surface area contributed by atoms with Crippen molar-refractivity contribution >= 4 is 28.3 Å². The third-order valence-corrected chi connectivity index (χ3v) is 5.75. The Labute approximate surface area is 134 Å². The Morgan fingerprint density at radius 3 is 2.65 bits per heavy atom. The van der Waals surface area contributed by atoms with Crippen LogP contribution in [0.15, 0.2) is 42.5 Å². The van der Waals surface area contributed by atoms with Crippen LogP contribution >= 0.6 is 0 Å². The molecule has 0 saturated carbocycles. The van der Waals surface area contributed by atoms with Crippen LogP contribution in [0.5, 0.6) is 0 Å². The summed E-state index contributed by atoms with van der Waals surface area (Å²) in [5.41, 5.74) is 0.212. The summed E-state index contributed by atoms with van der Waals surface area (Å²) in [7, 11) is 0. The highest BCUT2D eigenvalue weighted by atomic mass is 16.5. The minimum atomic E-state index is -0.465. The molecule has 0 spiro atoms. The van der Waals surface area contributed by atoms with Crippen molar-refractivity contribution in [1.29, 1.82) is 0 Å². The van der Waals surface area contributed by atoms with Crippen molar-refractivity contribution in [2.45, 2.75) is 31.5 Å². The van der Waals surface area contributed by atoms with Crippen LogP contribution in [0.1, 0.15) is 19.8 Å². The molecule has 0 aromatic heterocycles. The Bertz CT molecular complexity index is 861. The maximum absolute atomic E-state index is 13.0. The van der Waals surface area contributed by atoms with Crippen molar-refractivity contribution in [2.75, 3.05) is 4.90 Å². The molecule has 2 bridgehead atoms. The zero-order chi connectivity index (χ0) is 15.8. The molecule has 0 radical (unpaired) electrons. The summed E-state index contributed by atoms with van der Waals surface area (Å²) in [6, 6.07) is 13.7. The minimum Gasteiger partial charge on any atom is -0.370 e. The molecular weight excluding hydrogens is 290 g/mol. The number of imide groups is 1. The summed E-state index contributed by atoms with van der Waals surface area (Å²) in [5, 5.41) is 2.14. The van der Waals surface area contributed by atoms with Crippen molar-refractivity contribution in [3.8, 4) is 0 Å². The molecular formula is C19H17NO3. The van der Waals surface area contributed by atoms with Gasteiger partial charge in [-0.25, -0.2) is 4.90 Å². The van der Waals surface area contributed by atoms with Crippen molar-refractivity contribution < 1.29 is 14.3 Å². The van der Waals surface area contributed by atoms with Gasteiger partial charge in [0.05, 0.1) is 29.2 Å². The van der Waals surface area contributed by atoms with Gasteiger partial charge < -0.3 is 4.74 Å². The van der Waals surface area contributed by atoms with E-state index < -0.39 is 5.60 Å². The quantitative estimate of drug-likeness (QED) is 0.761. The molecule has 3 saturated heterocycles. The van der Waals surface area contributed by atoms with E-state index in [1.807, 2.05) is 49.4 Å². The van der Waals surface area contributed by atoms with E-state index in [0.29, 0.717) is 5.69 Å². The molecule has 0 N–H and O–H groups in total. The first-order valence-corrected chi connectivity index (χ1v) is 8.13. The van der Waals surface area contributed by atoms with E-state index >= 15 is 0 Å². The smallest absolute Gasteiger partial charge is 0.240 e. The van der Waals surface area contributed by atoms with Gasteiger partial charge in [-0.3, -0.25) is 9.59 Å². The first kappa shape index (κ1) is 13.3. The van der Waals surface area contributed by atoms with Crippen LogP contribution in [0.4, 0.5) is 5.69 Å². The molecule has 2 aromatic rings. The lowest BCUT2D eigenvalue weighted by molar-refractivity contribution is -0.126. The van der Waals surface area contributed by atoms with Gasteiger partial charge in [0.15, 0.2) is 0 Å². The van der Waals surface area contributed by atoms with E-state index in [4.69, 9.17) is 4.74 Å². The molecule has 5 rings (SSSR count). The summed E-state index contributed by atoms with van der Waals surface area (Å²) >= 11 is 0. The Morgan fingerprint density at radius 1 is 1.09 bits per heavy atom. The molecule has 2 aromatic carbocycles. The number of carbonyl (C=O) groups is 2. The van der Waals surface area contributed by atoms with Gasteiger partial charge >= 0.3 is 0 Å². The Morgan fingerprint density at radius 2 is 1.87 bits per heavy atom. The third-order valence-electron chi connectivity index (χ3n) is 5.75. The number of rotatable bonds is 1. The number of hydrogen-bond donors (Lipinski definition) is 0. The second-order valence-corrected chi connectivity index (χ2v) is 7.05. The fourth-order valence-corrected chi connectivity index (χ4v) is 4.65. The van der Waals surface area contributed by atoms with Gasteiger partial charge in [-0.2, -0.15) is 0 Å². The van der Waals surface area contributed by atoms with Crippen molar-refractivity contribution in [2.24, 2.45) is 11.8 Å². The van der Waals surface area contributed by atoms with Gasteiger partial charge in [0.1, 0.15) is 0 Å². The van der Waals surface area contributed by atoms with Gasteiger partial charge in [-0.1, -0.05) is 30.3 Å². The number of amides is 2. The van der Waals surface area contributed by atoms with Crippen molar-refractivity contribution in [3.63, 3.8) is 0 Å². The van der Waals surface area contributed by atoms with Gasteiger partial charge in [0, 0.05) is 0 Å². The second kappa shape index (κ2) is 4.20. The number of ether oxygens (including phenoxy) is 1. The van der Waals surface area contributed by atoms with E-state index in [1.54, 1.807) is 0 Å². The highest BCUT2D eigenvalue weighted by molar-refractivity contribution is 6.23. The van der Waals surface area contributed by atoms with Crippen LogP contribution in [-0.2, 0) is 14.3 Å². The van der Waals surface area contributed by atoms with Crippen LogP contribution in [0, 0.1) is 11.8 Å². The maximum atomic E-state index is 13.0. The number of fused-ring (bicyclic) bond motifs is 6. The first-order chi connectivity index (χ1) is 11.1. The monoisotopic (exact) mass is 307 g/mol. The van der Waals surface area contributed by atoms with E-state index in [1.165, 1.54) is 4.90 Å². The second-order valence-electron chi connectivity index (χ2n) is 7.05.